The molecule has 18 heteroatoms. The maximum Gasteiger partial charge on any atom is 0.490 e. The molecule has 2 rings (SSSR count). The predicted octanol–water partition coefficient (Wildman–Crippen LogP) is 2.37. The Kier molecular flexibility index (Phi) is 10.2. The van der Waals surface area contributed by atoms with Crippen LogP contribution in [0, 0.1) is 6.92 Å². The Morgan fingerprint density at radius 1 is 1.20 bits per heavy atom. The van der Waals surface area contributed by atoms with Crippen molar-refractivity contribution in [3.05, 3.63) is 44.2 Å². The number of unbranched alkanes of at least 4 members (excludes halogenated alkanes) is 1. The lowest BCUT2D eigenvalue weighted by Crippen LogP contribution is -2.36. The Bertz CT molecular complexity index is 1190. The minimum atomic E-state index is -5.73. The highest BCUT2D eigenvalue weighted by Gasteiger charge is 2.46. The molecule has 1 aliphatic heterocycles. The molecule has 1 aromatic rings. The van der Waals surface area contributed by atoms with Gasteiger partial charge >= 0.3 is 29.2 Å². The molecule has 1 aliphatic rings. The normalized spacial score (nSPS) is 24.8. The van der Waals surface area contributed by atoms with E-state index >= 15 is 0 Å². The van der Waals surface area contributed by atoms with Gasteiger partial charge in [-0.15, -0.1) is 0 Å². The zero-order valence-corrected chi connectivity index (χ0v) is 21.9. The van der Waals surface area contributed by atoms with Gasteiger partial charge in [-0.05, 0) is 33.1 Å². The van der Waals surface area contributed by atoms with Crippen LogP contribution in [0.2, 0.25) is 0 Å². The molecule has 0 spiro atoms. The molecule has 35 heavy (non-hydrogen) atoms. The van der Waals surface area contributed by atoms with E-state index in [9.17, 15) is 33.1 Å². The third-order valence-corrected chi connectivity index (χ3v) is 8.76. The summed E-state index contributed by atoms with van der Waals surface area (Å²) in [5.41, 5.74) is -0.334. The summed E-state index contributed by atoms with van der Waals surface area (Å²) in [4.78, 5) is 62.9. The molecule has 0 bridgehead atoms. The van der Waals surface area contributed by atoms with E-state index in [1.54, 1.807) is 0 Å². The summed E-state index contributed by atoms with van der Waals surface area (Å²) < 4.78 is 54.2. The molecule has 5 atom stereocenters. The van der Waals surface area contributed by atoms with E-state index in [-0.39, 0.29) is 12.0 Å². The van der Waals surface area contributed by atoms with Crippen molar-refractivity contribution in [2.75, 3.05) is 0 Å². The Balaban J connectivity index is 2.28. The van der Waals surface area contributed by atoms with Gasteiger partial charge < -0.3 is 24.3 Å². The third-order valence-electron chi connectivity index (χ3n) is 4.89. The summed E-state index contributed by atoms with van der Waals surface area (Å²) >= 11 is 0. The fraction of sp³-hybridized carbons (Fsp3) is 0.647. The number of phosphoric ester groups is 1. The van der Waals surface area contributed by atoms with Gasteiger partial charge in [0.2, 0.25) is 0 Å². The van der Waals surface area contributed by atoms with Crippen LogP contribution in [0.25, 0.3) is 0 Å². The Morgan fingerprint density at radius 2 is 1.86 bits per heavy atom. The number of nitrogens with zero attached hydrogens (tertiary/aromatic N) is 1. The van der Waals surface area contributed by atoms with Crippen LogP contribution in [0.3, 0.4) is 0 Å². The Labute approximate surface area is 200 Å². The molecule has 0 amide bonds. The van der Waals surface area contributed by atoms with Gasteiger partial charge in [-0.3, -0.25) is 18.9 Å². The number of hydrogen-bond acceptors (Lipinski definition) is 9. The van der Waals surface area contributed by atoms with Gasteiger partial charge in [-0.2, -0.15) is 8.62 Å². The molecule has 200 valence electrons. The number of aromatic amines is 1. The number of ether oxygens (including phenoxy) is 1. The Morgan fingerprint density at radius 3 is 2.46 bits per heavy atom. The van der Waals surface area contributed by atoms with Crippen LogP contribution in [0.15, 0.2) is 27.4 Å². The minimum absolute atomic E-state index is 0.0562. The van der Waals surface area contributed by atoms with Crippen molar-refractivity contribution in [2.45, 2.75) is 71.3 Å². The van der Waals surface area contributed by atoms with Crippen LogP contribution in [0.5, 0.6) is 0 Å². The molecule has 0 aliphatic carbocycles. The Hall–Kier alpha value is -1.21. The number of rotatable bonds is 12. The van der Waals surface area contributed by atoms with Crippen molar-refractivity contribution in [3.8, 4) is 0 Å². The first-order chi connectivity index (χ1) is 16.0. The van der Waals surface area contributed by atoms with E-state index in [0.29, 0.717) is 12.8 Å². The first kappa shape index (κ1) is 30.0. The molecule has 3 unspecified atom stereocenters. The van der Waals surface area contributed by atoms with Crippen molar-refractivity contribution >= 4 is 23.5 Å². The van der Waals surface area contributed by atoms with Gasteiger partial charge in [-0.1, -0.05) is 25.0 Å². The quantitative estimate of drug-likeness (QED) is 0.182. The maximum atomic E-state index is 12.4. The second kappa shape index (κ2) is 11.9. The highest BCUT2D eigenvalue weighted by Crippen LogP contribution is 2.67. The maximum absolute atomic E-state index is 12.4. The SMILES string of the molecule is CCCC=C(C)CC[C@@H]1CC(OP(=O)(O)OP(=O)(O)OP(=O)(O)O)[C@H](n2cc(C)c(=O)[nH]c2=O)O1. The highest BCUT2D eigenvalue weighted by molar-refractivity contribution is 7.66. The lowest BCUT2D eigenvalue weighted by molar-refractivity contribution is -0.0406. The fourth-order valence-electron chi connectivity index (χ4n) is 3.37. The average Bonchev–Trinajstić information content (AvgIpc) is 3.06. The predicted molar refractivity (Wildman–Crippen MR) is 121 cm³/mol. The van der Waals surface area contributed by atoms with Gasteiger partial charge in [0, 0.05) is 18.2 Å². The second-order valence-electron chi connectivity index (χ2n) is 7.98. The van der Waals surface area contributed by atoms with Crippen LogP contribution in [0.4, 0.5) is 0 Å². The van der Waals surface area contributed by atoms with Crippen molar-refractivity contribution in [1.82, 2.24) is 9.55 Å². The van der Waals surface area contributed by atoms with Crippen LogP contribution >= 0.6 is 23.5 Å². The summed E-state index contributed by atoms with van der Waals surface area (Å²) in [7, 11) is -16.8. The first-order valence-electron chi connectivity index (χ1n) is 10.5. The standard InChI is InChI=1S/C17H29N2O13P3/c1-4-5-6-11(2)7-8-13-9-14(16(29-13)19-10-12(3)15(20)18-17(19)21)30-34(25,26)32-35(27,28)31-33(22,23)24/h6,10,13-14,16H,4-5,7-9H2,1-3H3,(H,25,26)(H,27,28)(H,18,20,21)(H2,22,23,24)/t13-,14?,16-/m1/s1. The summed E-state index contributed by atoms with van der Waals surface area (Å²) in [6.45, 7) is 5.38. The lowest BCUT2D eigenvalue weighted by Gasteiger charge is -2.23. The second-order valence-corrected chi connectivity index (χ2v) is 12.3. The number of aryl methyl sites for hydroxylation is 1. The molecule has 1 aromatic heterocycles. The summed E-state index contributed by atoms with van der Waals surface area (Å²) in [5, 5.41) is 0. The number of hydrogen-bond donors (Lipinski definition) is 5. The summed E-state index contributed by atoms with van der Waals surface area (Å²) in [5.74, 6) is 0. The molecular weight excluding hydrogens is 533 g/mol. The number of nitrogens with one attached hydrogen (secondary N) is 1. The van der Waals surface area contributed by atoms with E-state index in [2.05, 4.69) is 19.7 Å². The fourth-order valence-corrected chi connectivity index (χ4v) is 6.56. The molecule has 2 heterocycles. The molecule has 0 saturated carbocycles. The van der Waals surface area contributed by atoms with Crippen LogP contribution in [-0.2, 0) is 31.6 Å². The van der Waals surface area contributed by atoms with Gasteiger partial charge in [0.25, 0.3) is 5.56 Å². The smallest absolute Gasteiger partial charge is 0.352 e. The zero-order valence-electron chi connectivity index (χ0n) is 19.2. The molecule has 1 saturated heterocycles. The van der Waals surface area contributed by atoms with Gasteiger partial charge in [0.1, 0.15) is 6.10 Å². The largest absolute Gasteiger partial charge is 0.490 e. The lowest BCUT2D eigenvalue weighted by atomic mass is 10.0. The average molecular weight is 562 g/mol. The van der Waals surface area contributed by atoms with E-state index in [0.717, 1.165) is 29.2 Å². The van der Waals surface area contributed by atoms with Crippen molar-refractivity contribution < 1.29 is 51.2 Å². The van der Waals surface area contributed by atoms with Crippen molar-refractivity contribution in [3.63, 3.8) is 0 Å². The number of allylic oxidation sites excluding steroid dienone is 2. The first-order valence-corrected chi connectivity index (χ1v) is 15.0. The van der Waals surface area contributed by atoms with Crippen LogP contribution < -0.4 is 11.2 Å². The van der Waals surface area contributed by atoms with E-state index in [4.69, 9.17) is 19.0 Å². The zero-order chi connectivity index (χ0) is 26.6. The van der Waals surface area contributed by atoms with E-state index in [1.807, 2.05) is 13.8 Å². The molecular formula is C17H29N2O13P3. The molecule has 0 aromatic carbocycles. The number of phosphoric acid groups is 3. The van der Waals surface area contributed by atoms with Crippen LogP contribution in [0.1, 0.15) is 57.7 Å². The molecule has 1 fully saturated rings. The van der Waals surface area contributed by atoms with E-state index in [1.165, 1.54) is 6.92 Å². The summed E-state index contributed by atoms with van der Waals surface area (Å²) in [6.07, 6.45) is 2.76. The van der Waals surface area contributed by atoms with Gasteiger partial charge in [0.05, 0.1) is 6.10 Å². The number of H-pyrrole nitrogens is 1. The van der Waals surface area contributed by atoms with Crippen molar-refractivity contribution in [1.29, 1.82) is 0 Å². The highest BCUT2D eigenvalue weighted by atomic mass is 31.3. The molecule has 0 radical (unpaired) electrons. The number of aromatic nitrogens is 2. The van der Waals surface area contributed by atoms with Crippen molar-refractivity contribution in [2.24, 2.45) is 0 Å². The van der Waals surface area contributed by atoms with Gasteiger partial charge in [0.15, 0.2) is 6.23 Å². The molecule has 5 N–H and O–H groups in total. The topological polar surface area (TPSA) is 224 Å². The summed E-state index contributed by atoms with van der Waals surface area (Å²) in [6, 6.07) is 0. The van der Waals surface area contributed by atoms with Crippen LogP contribution in [-0.4, -0.2) is 41.3 Å². The monoisotopic (exact) mass is 562 g/mol. The van der Waals surface area contributed by atoms with Gasteiger partial charge in [-0.25, -0.2) is 18.5 Å². The third kappa shape index (κ3) is 9.64. The van der Waals surface area contributed by atoms with E-state index < -0.39 is 53.2 Å². The minimum Gasteiger partial charge on any atom is -0.352 e. The molecule has 15 nitrogen and oxygen atoms in total.